The monoisotopic (exact) mass is 359 g/mol. The summed E-state index contributed by atoms with van der Waals surface area (Å²) in [6, 6.07) is 8.43. The van der Waals surface area contributed by atoms with Gasteiger partial charge in [-0.2, -0.15) is 0 Å². The lowest BCUT2D eigenvalue weighted by Crippen LogP contribution is -2.33. The Hall–Kier alpha value is -1.92. The van der Waals surface area contributed by atoms with E-state index < -0.39 is 0 Å². The van der Waals surface area contributed by atoms with Crippen LogP contribution in [0.2, 0.25) is 0 Å². The fourth-order valence-corrected chi connectivity index (χ4v) is 4.15. The zero-order valence-corrected chi connectivity index (χ0v) is 15.6. The maximum atomic E-state index is 11.1. The van der Waals surface area contributed by atoms with Gasteiger partial charge < -0.3 is 10.1 Å². The van der Waals surface area contributed by atoms with E-state index in [0.29, 0.717) is 5.13 Å². The van der Waals surface area contributed by atoms with Gasteiger partial charge in [-0.1, -0.05) is 12.1 Å². The van der Waals surface area contributed by atoms with Crippen LogP contribution in [-0.2, 0) is 17.8 Å². The first-order valence-corrected chi connectivity index (χ1v) is 9.51. The second-order valence-electron chi connectivity index (χ2n) is 6.58. The Kier molecular flexibility index (Phi) is 6.04. The van der Waals surface area contributed by atoms with Crippen LogP contribution in [0.3, 0.4) is 0 Å². The van der Waals surface area contributed by atoms with Crippen molar-refractivity contribution in [3.05, 3.63) is 40.9 Å². The number of piperidine rings is 1. The molecule has 1 fully saturated rings. The molecule has 1 aromatic heterocycles. The molecule has 3 rings (SSSR count). The lowest BCUT2D eigenvalue weighted by Gasteiger charge is -2.31. The van der Waals surface area contributed by atoms with Crippen molar-refractivity contribution in [1.82, 2.24) is 9.88 Å². The second kappa shape index (κ2) is 8.45. The summed E-state index contributed by atoms with van der Waals surface area (Å²) < 4.78 is 5.22. The maximum Gasteiger partial charge on any atom is 0.223 e. The standard InChI is InChI=1S/C19H25N3O2S/c1-14(23)21-19-20-12-18(25-19)13-22-9-7-16(8-10-22)11-15-3-5-17(24-2)6-4-15/h3-6,12,16H,7-11,13H2,1-2H3,(H,20,21,23). The fourth-order valence-electron chi connectivity index (χ4n) is 3.25. The molecule has 6 heteroatoms. The van der Waals surface area contributed by atoms with E-state index >= 15 is 0 Å². The van der Waals surface area contributed by atoms with E-state index in [1.807, 2.05) is 18.3 Å². The Balaban J connectivity index is 1.45. The molecule has 1 amide bonds. The van der Waals surface area contributed by atoms with Gasteiger partial charge in [0.25, 0.3) is 0 Å². The van der Waals surface area contributed by atoms with Gasteiger partial charge in [0.1, 0.15) is 5.75 Å². The second-order valence-corrected chi connectivity index (χ2v) is 7.70. The van der Waals surface area contributed by atoms with Crippen LogP contribution in [0, 0.1) is 5.92 Å². The summed E-state index contributed by atoms with van der Waals surface area (Å²) in [7, 11) is 1.70. The summed E-state index contributed by atoms with van der Waals surface area (Å²) in [5.41, 5.74) is 1.39. The van der Waals surface area contributed by atoms with Gasteiger partial charge in [-0.05, 0) is 56.0 Å². The summed E-state index contributed by atoms with van der Waals surface area (Å²) in [5, 5.41) is 3.44. The number of nitrogens with zero attached hydrogens (tertiary/aromatic N) is 2. The molecule has 0 atom stereocenters. The van der Waals surface area contributed by atoms with E-state index in [-0.39, 0.29) is 5.91 Å². The van der Waals surface area contributed by atoms with Gasteiger partial charge in [0.2, 0.25) is 5.91 Å². The number of carbonyl (C=O) groups excluding carboxylic acids is 1. The third-order valence-electron chi connectivity index (χ3n) is 4.61. The van der Waals surface area contributed by atoms with E-state index in [1.54, 1.807) is 18.4 Å². The Bertz CT molecular complexity index is 691. The predicted molar refractivity (Wildman–Crippen MR) is 101 cm³/mol. The molecule has 1 aliphatic heterocycles. The molecule has 5 nitrogen and oxygen atoms in total. The summed E-state index contributed by atoms with van der Waals surface area (Å²) in [6.07, 6.45) is 5.47. The fraction of sp³-hybridized carbons (Fsp3) is 0.474. The van der Waals surface area contributed by atoms with Gasteiger partial charge in [0.15, 0.2) is 5.13 Å². The number of hydrogen-bond donors (Lipinski definition) is 1. The van der Waals surface area contributed by atoms with Gasteiger partial charge in [0, 0.05) is 24.5 Å². The SMILES string of the molecule is COc1ccc(CC2CCN(Cc3cnc(NC(C)=O)s3)CC2)cc1. The molecule has 0 saturated carbocycles. The summed E-state index contributed by atoms with van der Waals surface area (Å²) in [5.74, 6) is 1.60. The number of aromatic nitrogens is 1. The van der Waals surface area contributed by atoms with Gasteiger partial charge >= 0.3 is 0 Å². The van der Waals surface area contributed by atoms with E-state index in [2.05, 4.69) is 27.3 Å². The van der Waals surface area contributed by atoms with Crippen LogP contribution in [0.25, 0.3) is 0 Å². The lowest BCUT2D eigenvalue weighted by atomic mass is 9.90. The molecule has 2 heterocycles. The van der Waals surface area contributed by atoms with E-state index in [4.69, 9.17) is 4.74 Å². The highest BCUT2D eigenvalue weighted by molar-refractivity contribution is 7.15. The minimum atomic E-state index is -0.0692. The zero-order chi connectivity index (χ0) is 17.6. The number of anilines is 1. The largest absolute Gasteiger partial charge is 0.497 e. The molecular weight excluding hydrogens is 334 g/mol. The van der Waals surface area contributed by atoms with Crippen LogP contribution in [-0.4, -0.2) is 36.0 Å². The maximum absolute atomic E-state index is 11.1. The number of hydrogen-bond acceptors (Lipinski definition) is 5. The molecule has 0 bridgehead atoms. The average molecular weight is 359 g/mol. The van der Waals surface area contributed by atoms with E-state index in [9.17, 15) is 4.79 Å². The number of benzene rings is 1. The van der Waals surface area contributed by atoms with Crippen molar-refractivity contribution in [3.63, 3.8) is 0 Å². The van der Waals surface area contributed by atoms with Crippen LogP contribution < -0.4 is 10.1 Å². The average Bonchev–Trinajstić information content (AvgIpc) is 3.03. The Morgan fingerprint density at radius 3 is 2.68 bits per heavy atom. The van der Waals surface area contributed by atoms with Crippen molar-refractivity contribution in [2.45, 2.75) is 32.7 Å². The molecule has 1 N–H and O–H groups in total. The third kappa shape index (κ3) is 5.28. The topological polar surface area (TPSA) is 54.5 Å². The Morgan fingerprint density at radius 1 is 1.32 bits per heavy atom. The number of rotatable bonds is 6. The van der Waals surface area contributed by atoms with Crippen LogP contribution in [0.1, 0.15) is 30.2 Å². The number of thiazole rings is 1. The van der Waals surface area contributed by atoms with Crippen molar-refractivity contribution in [3.8, 4) is 5.75 Å². The Labute approximate surface area is 153 Å². The highest BCUT2D eigenvalue weighted by Gasteiger charge is 2.20. The van der Waals surface area contributed by atoms with Crippen LogP contribution in [0.5, 0.6) is 5.75 Å². The number of carbonyl (C=O) groups is 1. The molecule has 1 aliphatic rings. The first kappa shape index (κ1) is 17.9. The van der Waals surface area contributed by atoms with Crippen LogP contribution in [0.15, 0.2) is 30.5 Å². The number of methoxy groups -OCH3 is 1. The molecule has 0 unspecified atom stereocenters. The first-order valence-electron chi connectivity index (χ1n) is 8.70. The summed E-state index contributed by atoms with van der Waals surface area (Å²) in [4.78, 5) is 19.0. The van der Waals surface area contributed by atoms with Crippen molar-refractivity contribution in [2.24, 2.45) is 5.92 Å². The minimum absolute atomic E-state index is 0.0692. The van der Waals surface area contributed by atoms with Gasteiger partial charge in [-0.3, -0.25) is 9.69 Å². The highest BCUT2D eigenvalue weighted by atomic mass is 32.1. The zero-order valence-electron chi connectivity index (χ0n) is 14.8. The van der Waals surface area contributed by atoms with Crippen LogP contribution >= 0.6 is 11.3 Å². The smallest absolute Gasteiger partial charge is 0.223 e. The number of likely N-dealkylation sites (tertiary alicyclic amines) is 1. The van der Waals surface area contributed by atoms with Gasteiger partial charge in [0.05, 0.1) is 7.11 Å². The summed E-state index contributed by atoms with van der Waals surface area (Å²) >= 11 is 1.57. The molecule has 1 saturated heterocycles. The lowest BCUT2D eigenvalue weighted by molar-refractivity contribution is -0.114. The van der Waals surface area contributed by atoms with E-state index in [1.165, 1.54) is 30.2 Å². The van der Waals surface area contributed by atoms with E-state index in [0.717, 1.165) is 37.7 Å². The predicted octanol–water partition coefficient (Wildman–Crippen LogP) is 3.56. The molecule has 1 aromatic carbocycles. The molecule has 2 aromatic rings. The number of ether oxygens (including phenoxy) is 1. The molecule has 0 radical (unpaired) electrons. The number of nitrogens with one attached hydrogen (secondary N) is 1. The summed E-state index contributed by atoms with van der Waals surface area (Å²) in [6.45, 7) is 4.67. The quantitative estimate of drug-likeness (QED) is 0.857. The molecule has 25 heavy (non-hydrogen) atoms. The van der Waals surface area contributed by atoms with Gasteiger partial charge in [-0.15, -0.1) is 11.3 Å². The van der Waals surface area contributed by atoms with Gasteiger partial charge in [-0.25, -0.2) is 4.98 Å². The normalized spacial score (nSPS) is 15.9. The van der Waals surface area contributed by atoms with Crippen molar-refractivity contribution in [2.75, 3.05) is 25.5 Å². The minimum Gasteiger partial charge on any atom is -0.497 e. The van der Waals surface area contributed by atoms with Crippen molar-refractivity contribution in [1.29, 1.82) is 0 Å². The Morgan fingerprint density at radius 2 is 2.04 bits per heavy atom. The first-order chi connectivity index (χ1) is 12.1. The van der Waals surface area contributed by atoms with Crippen LogP contribution in [0.4, 0.5) is 5.13 Å². The van der Waals surface area contributed by atoms with Crippen molar-refractivity contribution < 1.29 is 9.53 Å². The molecule has 134 valence electrons. The molecular formula is C19H25N3O2S. The molecule has 0 aliphatic carbocycles. The number of amides is 1. The molecule has 0 spiro atoms. The third-order valence-corrected chi connectivity index (χ3v) is 5.50. The highest BCUT2D eigenvalue weighted by Crippen LogP contribution is 2.26. The van der Waals surface area contributed by atoms with Crippen molar-refractivity contribution >= 4 is 22.4 Å².